The zero-order valence-corrected chi connectivity index (χ0v) is 12.1. The smallest absolute Gasteiger partial charge is 0.130 e. The van der Waals surface area contributed by atoms with Crippen LogP contribution in [0.2, 0.25) is 0 Å². The van der Waals surface area contributed by atoms with Crippen molar-refractivity contribution in [1.82, 2.24) is 9.97 Å². The molecule has 0 spiro atoms. The minimum Gasteiger partial charge on any atom is -0.342 e. The second kappa shape index (κ2) is 4.35. The van der Waals surface area contributed by atoms with E-state index >= 15 is 0 Å². The summed E-state index contributed by atoms with van der Waals surface area (Å²) in [4.78, 5) is 10.3. The van der Waals surface area contributed by atoms with Gasteiger partial charge >= 0.3 is 0 Å². The number of hydrogen-bond acceptors (Lipinski definition) is 3. The van der Waals surface area contributed by atoms with Crippen molar-refractivity contribution in [3.63, 3.8) is 0 Å². The molecule has 0 aliphatic heterocycles. The topological polar surface area (TPSA) is 28.7 Å². The van der Waals surface area contributed by atoms with Crippen LogP contribution >= 0.6 is 23.6 Å². The van der Waals surface area contributed by atoms with Gasteiger partial charge in [-0.3, -0.25) is 0 Å². The van der Waals surface area contributed by atoms with Gasteiger partial charge < -0.3 is 4.98 Å². The largest absolute Gasteiger partial charge is 0.342 e. The number of nitrogens with zero attached hydrogens (tertiary/aromatic N) is 1. The van der Waals surface area contributed by atoms with Crippen molar-refractivity contribution in [3.05, 3.63) is 33.5 Å². The van der Waals surface area contributed by atoms with Crippen LogP contribution in [-0.2, 0) is 5.41 Å². The zero-order chi connectivity index (χ0) is 12.6. The molecule has 0 radical (unpaired) electrons. The maximum Gasteiger partial charge on any atom is 0.130 e. The van der Waals surface area contributed by atoms with Crippen LogP contribution in [0.25, 0.3) is 10.6 Å². The zero-order valence-electron chi connectivity index (χ0n) is 10.5. The Labute approximate surface area is 111 Å². The fourth-order valence-corrected chi connectivity index (χ4v) is 2.57. The summed E-state index contributed by atoms with van der Waals surface area (Å²) in [7, 11) is 0. The predicted octanol–water partition coefficient (Wildman–Crippen LogP) is 4.47. The summed E-state index contributed by atoms with van der Waals surface area (Å²) in [6, 6.07) is 6.16. The van der Waals surface area contributed by atoms with E-state index in [-0.39, 0.29) is 5.41 Å². The van der Waals surface area contributed by atoms with Crippen LogP contribution in [0, 0.1) is 11.6 Å². The highest BCUT2D eigenvalue weighted by Crippen LogP contribution is 2.28. The van der Waals surface area contributed by atoms with Gasteiger partial charge in [-0.2, -0.15) is 0 Å². The average Bonchev–Trinajstić information content (AvgIpc) is 2.62. The molecule has 2 nitrogen and oxygen atoms in total. The minimum absolute atomic E-state index is 0.0180. The molecular formula is C13H16N2S2. The highest BCUT2D eigenvalue weighted by atomic mass is 32.1. The first-order chi connectivity index (χ1) is 7.86. The fourth-order valence-electron chi connectivity index (χ4n) is 1.52. The molecule has 1 N–H and O–H groups in total. The quantitative estimate of drug-likeness (QED) is 0.770. The average molecular weight is 264 g/mol. The highest BCUT2D eigenvalue weighted by Gasteiger charge is 2.17. The molecule has 2 rings (SSSR count). The monoisotopic (exact) mass is 264 g/mol. The van der Waals surface area contributed by atoms with Crippen LogP contribution in [0.3, 0.4) is 0 Å². The van der Waals surface area contributed by atoms with E-state index in [0.717, 1.165) is 11.5 Å². The van der Waals surface area contributed by atoms with Gasteiger partial charge in [-0.05, 0) is 25.1 Å². The van der Waals surface area contributed by atoms with Crippen LogP contribution in [0.4, 0.5) is 0 Å². The summed E-state index contributed by atoms with van der Waals surface area (Å²) >= 11 is 7.00. The normalized spacial score (nSPS) is 11.8. The second-order valence-corrected chi connectivity index (χ2v) is 6.85. The van der Waals surface area contributed by atoms with Crippen LogP contribution < -0.4 is 0 Å². The standard InChI is InChI=1S/C13H16N2S2/c1-8-5-6-10(17-8)9-7-11(16)15-12(14-9)13(2,3)4/h5-7H,1-4H3,(H,14,15,16). The number of H-pyrrole nitrogens is 1. The summed E-state index contributed by atoms with van der Waals surface area (Å²) < 4.78 is 0.648. The molecule has 17 heavy (non-hydrogen) atoms. The van der Waals surface area contributed by atoms with Gasteiger partial charge in [0.25, 0.3) is 0 Å². The van der Waals surface area contributed by atoms with Gasteiger partial charge in [0.2, 0.25) is 0 Å². The van der Waals surface area contributed by atoms with Crippen molar-refractivity contribution in [3.8, 4) is 10.6 Å². The first kappa shape index (κ1) is 12.5. The van der Waals surface area contributed by atoms with E-state index in [9.17, 15) is 0 Å². The number of hydrogen-bond donors (Lipinski definition) is 1. The molecule has 0 amide bonds. The van der Waals surface area contributed by atoms with Crippen LogP contribution in [-0.4, -0.2) is 9.97 Å². The van der Waals surface area contributed by atoms with Crippen molar-refractivity contribution in [2.24, 2.45) is 0 Å². The third-order valence-corrected chi connectivity index (χ3v) is 3.70. The molecule has 0 unspecified atom stereocenters. The lowest BCUT2D eigenvalue weighted by molar-refractivity contribution is 0.545. The third-order valence-electron chi connectivity index (χ3n) is 2.46. The Bertz CT molecular complexity index is 588. The molecule has 4 heteroatoms. The van der Waals surface area contributed by atoms with Crippen molar-refractivity contribution in [2.45, 2.75) is 33.1 Å². The molecular weight excluding hydrogens is 248 g/mol. The molecule has 0 bridgehead atoms. The van der Waals surface area contributed by atoms with E-state index in [0.29, 0.717) is 4.64 Å². The van der Waals surface area contributed by atoms with E-state index in [2.05, 4.69) is 49.8 Å². The van der Waals surface area contributed by atoms with Gasteiger partial charge in [0.1, 0.15) is 10.5 Å². The number of aromatic amines is 1. The van der Waals surface area contributed by atoms with E-state index in [1.165, 1.54) is 9.75 Å². The molecule has 0 saturated heterocycles. The summed E-state index contributed by atoms with van der Waals surface area (Å²) in [5.41, 5.74) is 1.05. The van der Waals surface area contributed by atoms with Gasteiger partial charge in [-0.1, -0.05) is 33.0 Å². The molecule has 2 heterocycles. The Morgan fingerprint density at radius 2 is 2.00 bits per heavy atom. The van der Waals surface area contributed by atoms with Gasteiger partial charge in [-0.25, -0.2) is 4.98 Å². The molecule has 0 fully saturated rings. The Hall–Kier alpha value is -1.00. The van der Waals surface area contributed by atoms with Gasteiger partial charge in [0.15, 0.2) is 0 Å². The van der Waals surface area contributed by atoms with Crippen molar-refractivity contribution in [1.29, 1.82) is 0 Å². The number of thiophene rings is 1. The lowest BCUT2D eigenvalue weighted by Gasteiger charge is -2.18. The Balaban J connectivity index is 2.57. The molecule has 0 aliphatic carbocycles. The second-order valence-electron chi connectivity index (χ2n) is 5.14. The van der Waals surface area contributed by atoms with Gasteiger partial charge in [0.05, 0.1) is 10.6 Å². The molecule has 0 saturated carbocycles. The Kier molecular flexibility index (Phi) is 3.19. The van der Waals surface area contributed by atoms with Crippen LogP contribution in [0.5, 0.6) is 0 Å². The minimum atomic E-state index is -0.0180. The SMILES string of the molecule is Cc1ccc(-c2cc(=S)nc(C(C)(C)C)[nH]2)s1. The number of aryl methyl sites for hydroxylation is 1. The van der Waals surface area contributed by atoms with E-state index in [1.807, 2.05) is 6.07 Å². The van der Waals surface area contributed by atoms with E-state index < -0.39 is 0 Å². The summed E-state index contributed by atoms with van der Waals surface area (Å²) in [6.45, 7) is 8.49. The summed E-state index contributed by atoms with van der Waals surface area (Å²) in [5, 5.41) is 0. The highest BCUT2D eigenvalue weighted by molar-refractivity contribution is 7.71. The lowest BCUT2D eigenvalue weighted by Crippen LogP contribution is -2.16. The van der Waals surface area contributed by atoms with Crippen LogP contribution in [0.15, 0.2) is 18.2 Å². The first-order valence-electron chi connectivity index (χ1n) is 5.55. The first-order valence-corrected chi connectivity index (χ1v) is 6.77. The maximum absolute atomic E-state index is 5.24. The van der Waals surface area contributed by atoms with Crippen molar-refractivity contribution >= 4 is 23.6 Å². The molecule has 90 valence electrons. The molecule has 2 aromatic heterocycles. The molecule has 0 aliphatic rings. The molecule has 0 atom stereocenters. The van der Waals surface area contributed by atoms with Crippen molar-refractivity contribution in [2.75, 3.05) is 0 Å². The number of aromatic nitrogens is 2. The predicted molar refractivity (Wildman–Crippen MR) is 76.2 cm³/mol. The fraction of sp³-hybridized carbons (Fsp3) is 0.385. The number of nitrogens with one attached hydrogen (secondary N) is 1. The summed E-state index contributed by atoms with van der Waals surface area (Å²) in [5.74, 6) is 0.936. The molecule has 2 aromatic rings. The van der Waals surface area contributed by atoms with Gasteiger partial charge in [0, 0.05) is 10.3 Å². The molecule has 0 aromatic carbocycles. The van der Waals surface area contributed by atoms with Crippen LogP contribution in [0.1, 0.15) is 31.5 Å². The van der Waals surface area contributed by atoms with E-state index in [1.54, 1.807) is 11.3 Å². The summed E-state index contributed by atoms with van der Waals surface area (Å²) in [6.07, 6.45) is 0. The lowest BCUT2D eigenvalue weighted by atomic mass is 9.95. The Morgan fingerprint density at radius 1 is 1.29 bits per heavy atom. The van der Waals surface area contributed by atoms with Crippen molar-refractivity contribution < 1.29 is 0 Å². The van der Waals surface area contributed by atoms with Gasteiger partial charge in [-0.15, -0.1) is 11.3 Å². The maximum atomic E-state index is 5.24. The third kappa shape index (κ3) is 2.82. The number of rotatable bonds is 1. The van der Waals surface area contributed by atoms with E-state index in [4.69, 9.17) is 12.2 Å². The Morgan fingerprint density at radius 3 is 2.53 bits per heavy atom.